The molecular formula is C14H14ClFN2O. The molecule has 1 heterocycles. The van der Waals surface area contributed by atoms with E-state index < -0.39 is 5.82 Å². The summed E-state index contributed by atoms with van der Waals surface area (Å²) >= 11 is 5.79. The number of aryl methyl sites for hydroxylation is 1. The number of pyridine rings is 1. The van der Waals surface area contributed by atoms with Crippen LogP contribution in [0.4, 0.5) is 4.39 Å². The number of nitrogens with zero attached hydrogens (tertiary/aromatic N) is 1. The molecule has 0 amide bonds. The standard InChI is InChI=1S/C14H14ClFN2O/c1-9-5-14(19)10(7-17-2)8-18(9)11-3-4-13(16)12(15)6-11/h3-6,8,17H,7H2,1-2H3. The zero-order valence-electron chi connectivity index (χ0n) is 10.7. The molecule has 5 heteroatoms. The van der Waals surface area contributed by atoms with Crippen LogP contribution in [0.15, 0.2) is 35.3 Å². The van der Waals surface area contributed by atoms with E-state index in [1.165, 1.54) is 12.1 Å². The molecular weight excluding hydrogens is 267 g/mol. The summed E-state index contributed by atoms with van der Waals surface area (Å²) in [4.78, 5) is 11.8. The molecule has 0 aliphatic carbocycles. The van der Waals surface area contributed by atoms with E-state index in [2.05, 4.69) is 5.32 Å². The van der Waals surface area contributed by atoms with Crippen molar-refractivity contribution < 1.29 is 4.39 Å². The maximum Gasteiger partial charge on any atom is 0.186 e. The van der Waals surface area contributed by atoms with Gasteiger partial charge in [0.15, 0.2) is 5.43 Å². The molecule has 1 aromatic heterocycles. The summed E-state index contributed by atoms with van der Waals surface area (Å²) in [6.45, 7) is 2.30. The van der Waals surface area contributed by atoms with Crippen molar-refractivity contribution in [2.45, 2.75) is 13.5 Å². The molecule has 0 spiro atoms. The number of hydrogen-bond acceptors (Lipinski definition) is 2. The van der Waals surface area contributed by atoms with Gasteiger partial charge in [-0.15, -0.1) is 0 Å². The van der Waals surface area contributed by atoms with Gasteiger partial charge in [0.05, 0.1) is 5.02 Å². The maximum atomic E-state index is 13.2. The van der Waals surface area contributed by atoms with Gasteiger partial charge < -0.3 is 9.88 Å². The van der Waals surface area contributed by atoms with Crippen molar-refractivity contribution in [1.82, 2.24) is 9.88 Å². The highest BCUT2D eigenvalue weighted by atomic mass is 35.5. The molecule has 3 nitrogen and oxygen atoms in total. The van der Waals surface area contributed by atoms with Gasteiger partial charge >= 0.3 is 0 Å². The van der Waals surface area contributed by atoms with Crippen LogP contribution in [0.2, 0.25) is 5.02 Å². The highest BCUT2D eigenvalue weighted by molar-refractivity contribution is 6.30. The Hall–Kier alpha value is -1.65. The third kappa shape index (κ3) is 2.85. The van der Waals surface area contributed by atoms with Gasteiger partial charge in [0, 0.05) is 35.8 Å². The van der Waals surface area contributed by atoms with E-state index >= 15 is 0 Å². The second-order valence-electron chi connectivity index (χ2n) is 4.30. The fourth-order valence-electron chi connectivity index (χ4n) is 1.91. The summed E-state index contributed by atoms with van der Waals surface area (Å²) in [5.41, 5.74) is 2.12. The van der Waals surface area contributed by atoms with Crippen molar-refractivity contribution in [3.05, 3.63) is 62.8 Å². The van der Waals surface area contributed by atoms with E-state index in [9.17, 15) is 9.18 Å². The van der Waals surface area contributed by atoms with Crippen LogP contribution in [0.5, 0.6) is 0 Å². The van der Waals surface area contributed by atoms with E-state index in [0.717, 1.165) is 11.4 Å². The summed E-state index contributed by atoms with van der Waals surface area (Å²) in [6, 6.07) is 6.04. The monoisotopic (exact) mass is 280 g/mol. The SMILES string of the molecule is CNCc1cn(-c2ccc(F)c(Cl)c2)c(C)cc1=O. The Kier molecular flexibility index (Phi) is 4.02. The molecule has 1 aromatic carbocycles. The van der Waals surface area contributed by atoms with Gasteiger partial charge in [0.2, 0.25) is 0 Å². The second-order valence-corrected chi connectivity index (χ2v) is 4.71. The molecule has 0 saturated heterocycles. The first kappa shape index (κ1) is 13.8. The van der Waals surface area contributed by atoms with Crippen molar-refractivity contribution in [3.8, 4) is 5.69 Å². The largest absolute Gasteiger partial charge is 0.321 e. The van der Waals surface area contributed by atoms with Crippen molar-refractivity contribution >= 4 is 11.6 Å². The predicted molar refractivity (Wildman–Crippen MR) is 74.5 cm³/mol. The molecule has 2 aromatic rings. The van der Waals surface area contributed by atoms with Gasteiger partial charge in [0.1, 0.15) is 5.82 Å². The smallest absolute Gasteiger partial charge is 0.186 e. The minimum Gasteiger partial charge on any atom is -0.321 e. The van der Waals surface area contributed by atoms with Crippen molar-refractivity contribution in [2.24, 2.45) is 0 Å². The average molecular weight is 281 g/mol. The molecule has 0 aliphatic rings. The van der Waals surface area contributed by atoms with E-state index in [1.54, 1.807) is 25.4 Å². The van der Waals surface area contributed by atoms with Gasteiger partial charge in [-0.3, -0.25) is 4.79 Å². The predicted octanol–water partition coefficient (Wildman–Crippen LogP) is 2.66. The summed E-state index contributed by atoms with van der Waals surface area (Å²) < 4.78 is 15.0. The normalized spacial score (nSPS) is 10.7. The number of benzene rings is 1. The van der Waals surface area contributed by atoms with Crippen LogP contribution in [-0.4, -0.2) is 11.6 Å². The molecule has 2 rings (SSSR count). The molecule has 1 N–H and O–H groups in total. The number of rotatable bonds is 3. The van der Waals surface area contributed by atoms with Crippen molar-refractivity contribution in [3.63, 3.8) is 0 Å². The summed E-state index contributed by atoms with van der Waals surface area (Å²) in [6.07, 6.45) is 1.75. The zero-order chi connectivity index (χ0) is 14.0. The fraction of sp³-hybridized carbons (Fsp3) is 0.214. The summed E-state index contributed by atoms with van der Waals surface area (Å²) in [5, 5.41) is 3.00. The second kappa shape index (κ2) is 5.55. The molecule has 0 saturated carbocycles. The first-order chi connectivity index (χ1) is 9.02. The van der Waals surface area contributed by atoms with Crippen LogP contribution in [0.25, 0.3) is 5.69 Å². The van der Waals surface area contributed by atoms with E-state index in [4.69, 9.17) is 11.6 Å². The molecule has 0 aliphatic heterocycles. The van der Waals surface area contributed by atoms with Crippen LogP contribution in [-0.2, 0) is 6.54 Å². The lowest BCUT2D eigenvalue weighted by atomic mass is 10.2. The fourth-order valence-corrected chi connectivity index (χ4v) is 2.08. The highest BCUT2D eigenvalue weighted by Gasteiger charge is 2.07. The van der Waals surface area contributed by atoms with E-state index in [-0.39, 0.29) is 10.5 Å². The third-order valence-electron chi connectivity index (χ3n) is 2.87. The van der Waals surface area contributed by atoms with Gasteiger partial charge in [-0.25, -0.2) is 4.39 Å². The summed E-state index contributed by atoms with van der Waals surface area (Å²) in [5.74, 6) is -0.459. The van der Waals surface area contributed by atoms with E-state index in [1.807, 2.05) is 11.5 Å². The molecule has 0 fully saturated rings. The Morgan fingerprint density at radius 1 is 1.37 bits per heavy atom. The zero-order valence-corrected chi connectivity index (χ0v) is 11.5. The van der Waals surface area contributed by atoms with Crippen LogP contribution in [0.3, 0.4) is 0 Å². The van der Waals surface area contributed by atoms with Crippen LogP contribution < -0.4 is 10.7 Å². The lowest BCUT2D eigenvalue weighted by Crippen LogP contribution is -2.19. The molecule has 19 heavy (non-hydrogen) atoms. The number of aromatic nitrogens is 1. The minimum absolute atomic E-state index is 0.0173. The van der Waals surface area contributed by atoms with Gasteiger partial charge in [0.25, 0.3) is 0 Å². The van der Waals surface area contributed by atoms with Crippen molar-refractivity contribution in [1.29, 1.82) is 0 Å². The van der Waals surface area contributed by atoms with Gasteiger partial charge in [-0.05, 0) is 32.2 Å². The number of halogens is 2. The molecule has 100 valence electrons. The Labute approximate surface area is 115 Å². The molecule has 0 bridgehead atoms. The number of hydrogen-bond donors (Lipinski definition) is 1. The van der Waals surface area contributed by atoms with Crippen LogP contribution in [0.1, 0.15) is 11.3 Å². The topological polar surface area (TPSA) is 34.0 Å². The summed E-state index contributed by atoms with van der Waals surface area (Å²) in [7, 11) is 1.78. The Morgan fingerprint density at radius 3 is 2.74 bits per heavy atom. The highest BCUT2D eigenvalue weighted by Crippen LogP contribution is 2.19. The average Bonchev–Trinajstić information content (AvgIpc) is 2.36. The maximum absolute atomic E-state index is 13.2. The van der Waals surface area contributed by atoms with Crippen LogP contribution >= 0.6 is 11.6 Å². The molecule has 0 radical (unpaired) electrons. The quantitative estimate of drug-likeness (QED) is 0.938. The van der Waals surface area contributed by atoms with Crippen molar-refractivity contribution in [2.75, 3.05) is 7.05 Å². The van der Waals surface area contributed by atoms with E-state index in [0.29, 0.717) is 12.1 Å². The first-order valence-corrected chi connectivity index (χ1v) is 6.23. The Morgan fingerprint density at radius 2 is 2.11 bits per heavy atom. The first-order valence-electron chi connectivity index (χ1n) is 5.85. The lowest BCUT2D eigenvalue weighted by molar-refractivity contribution is 0.627. The molecule has 0 atom stereocenters. The number of nitrogens with one attached hydrogen (secondary N) is 1. The molecule has 0 unspecified atom stereocenters. The lowest BCUT2D eigenvalue weighted by Gasteiger charge is -2.13. The Balaban J connectivity index is 2.57. The van der Waals surface area contributed by atoms with Gasteiger partial charge in [-0.2, -0.15) is 0 Å². The minimum atomic E-state index is -0.459. The Bertz CT molecular complexity index is 667. The third-order valence-corrected chi connectivity index (χ3v) is 3.16. The van der Waals surface area contributed by atoms with Crippen LogP contribution in [0, 0.1) is 12.7 Å². The van der Waals surface area contributed by atoms with Gasteiger partial charge in [-0.1, -0.05) is 11.6 Å².